The highest BCUT2D eigenvalue weighted by Crippen LogP contribution is 2.32. The van der Waals surface area contributed by atoms with Gasteiger partial charge in [-0.3, -0.25) is 19.1 Å². The number of rotatable bonds is 7. The van der Waals surface area contributed by atoms with Crippen molar-refractivity contribution >= 4 is 46.2 Å². The van der Waals surface area contributed by atoms with Crippen LogP contribution in [0.1, 0.15) is 42.1 Å². The fourth-order valence-electron chi connectivity index (χ4n) is 5.59. The summed E-state index contributed by atoms with van der Waals surface area (Å²) < 4.78 is 3.21. The molecule has 3 amide bonds. The third-order valence-corrected chi connectivity index (χ3v) is 7.73. The van der Waals surface area contributed by atoms with Crippen molar-refractivity contribution in [1.82, 2.24) is 34.9 Å². The van der Waals surface area contributed by atoms with Crippen LogP contribution in [0.4, 0.5) is 11.5 Å². The fourth-order valence-corrected chi connectivity index (χ4v) is 5.59. The molecule has 0 fully saturated rings. The van der Waals surface area contributed by atoms with Crippen LogP contribution >= 0.6 is 0 Å². The van der Waals surface area contributed by atoms with Crippen molar-refractivity contribution in [2.75, 3.05) is 17.2 Å². The molecule has 0 bridgehead atoms. The van der Waals surface area contributed by atoms with E-state index in [2.05, 4.69) is 38.2 Å². The van der Waals surface area contributed by atoms with Crippen molar-refractivity contribution in [3.63, 3.8) is 0 Å². The molecule has 6 rings (SSSR count). The average Bonchev–Trinajstić information content (AvgIpc) is 3.67. The van der Waals surface area contributed by atoms with Gasteiger partial charge in [-0.05, 0) is 76.4 Å². The number of aryl methyl sites for hydroxylation is 2. The summed E-state index contributed by atoms with van der Waals surface area (Å²) in [6, 6.07) is 18.1. The third kappa shape index (κ3) is 5.56. The Kier molecular flexibility index (Phi) is 7.71. The molecule has 222 valence electrons. The molecule has 0 saturated heterocycles. The highest BCUT2D eigenvalue weighted by molar-refractivity contribution is 6.04. The number of aromatic nitrogens is 6. The number of carbonyl (C=O) groups excluding carboxylic acids is 3. The minimum Gasteiger partial charge on any atom is -0.324 e. The van der Waals surface area contributed by atoms with Crippen LogP contribution in [-0.4, -0.2) is 59.2 Å². The maximum Gasteiger partial charge on any atom is 0.251 e. The average molecular weight is 590 g/mol. The minimum atomic E-state index is -0.850. The van der Waals surface area contributed by atoms with Gasteiger partial charge in [0.15, 0.2) is 5.82 Å². The normalized spacial score (nSPS) is 14.5. The van der Waals surface area contributed by atoms with Crippen LogP contribution in [0.3, 0.4) is 0 Å². The molecule has 2 N–H and O–H groups in total. The van der Waals surface area contributed by atoms with Gasteiger partial charge in [-0.2, -0.15) is 9.78 Å². The second-order valence-corrected chi connectivity index (χ2v) is 10.6. The van der Waals surface area contributed by atoms with E-state index >= 15 is 0 Å². The monoisotopic (exact) mass is 589 g/mol. The lowest BCUT2D eigenvalue weighted by Gasteiger charge is -2.35. The van der Waals surface area contributed by atoms with E-state index in [-0.39, 0.29) is 17.7 Å². The van der Waals surface area contributed by atoms with Crippen LogP contribution in [0.2, 0.25) is 0 Å². The van der Waals surface area contributed by atoms with E-state index in [1.807, 2.05) is 48.5 Å². The van der Waals surface area contributed by atoms with E-state index in [4.69, 9.17) is 0 Å². The number of nitrogens with one attached hydrogen (secondary N) is 2. The predicted molar refractivity (Wildman–Crippen MR) is 166 cm³/mol. The molecule has 1 aliphatic heterocycles. The van der Waals surface area contributed by atoms with Gasteiger partial charge in [-0.1, -0.05) is 37.3 Å². The first-order valence-corrected chi connectivity index (χ1v) is 14.3. The van der Waals surface area contributed by atoms with Crippen molar-refractivity contribution in [2.45, 2.75) is 32.7 Å². The standard InChI is InChI=1S/C32H31N9O3/c1-4-21-9-12-27(41-19-33-37-38-41)23(17-21)10-14-29(43)40-16-15-22-7-5-6-8-25(22)30(40)32(44)35-24-11-13-28-26(18-24)31(34-20(2)42)36-39(28)3/h5-14,17-19,30H,4,15-16H2,1-3H3,(H,35,44)(H,34,36,42)/b14-10+/t30-/m0/s1. The van der Waals surface area contributed by atoms with Crippen molar-refractivity contribution in [2.24, 2.45) is 7.05 Å². The summed E-state index contributed by atoms with van der Waals surface area (Å²) in [5.74, 6) is -0.471. The lowest BCUT2D eigenvalue weighted by molar-refractivity contribution is -0.135. The molecule has 0 saturated carbocycles. The van der Waals surface area contributed by atoms with Crippen LogP contribution in [0.15, 0.2) is 73.1 Å². The summed E-state index contributed by atoms with van der Waals surface area (Å²) in [7, 11) is 1.78. The molecule has 12 heteroatoms. The van der Waals surface area contributed by atoms with Gasteiger partial charge in [-0.25, -0.2) is 0 Å². The number of amides is 3. The van der Waals surface area contributed by atoms with Crippen molar-refractivity contribution in [3.05, 3.63) is 95.3 Å². The highest BCUT2D eigenvalue weighted by Gasteiger charge is 2.35. The third-order valence-electron chi connectivity index (χ3n) is 7.73. The minimum absolute atomic E-state index is 0.244. The molecule has 2 aromatic heterocycles. The second kappa shape index (κ2) is 11.9. The maximum absolute atomic E-state index is 14.0. The van der Waals surface area contributed by atoms with E-state index in [1.165, 1.54) is 19.3 Å². The molecule has 0 spiro atoms. The van der Waals surface area contributed by atoms with Gasteiger partial charge in [-0.15, -0.1) is 5.10 Å². The highest BCUT2D eigenvalue weighted by atomic mass is 16.2. The zero-order valence-corrected chi connectivity index (χ0v) is 24.6. The summed E-state index contributed by atoms with van der Waals surface area (Å²) in [4.78, 5) is 41.1. The van der Waals surface area contributed by atoms with Crippen LogP contribution < -0.4 is 10.6 Å². The number of fused-ring (bicyclic) bond motifs is 2. The van der Waals surface area contributed by atoms with E-state index in [0.29, 0.717) is 29.9 Å². The quantitative estimate of drug-likeness (QED) is 0.275. The van der Waals surface area contributed by atoms with Gasteiger partial charge in [0.05, 0.1) is 11.2 Å². The van der Waals surface area contributed by atoms with E-state index in [9.17, 15) is 14.4 Å². The number of hydrogen-bond acceptors (Lipinski definition) is 7. The van der Waals surface area contributed by atoms with Crippen molar-refractivity contribution in [3.8, 4) is 5.69 Å². The first kappa shape index (κ1) is 28.5. The second-order valence-electron chi connectivity index (χ2n) is 10.6. The molecule has 0 unspecified atom stereocenters. The molecule has 3 aromatic carbocycles. The SMILES string of the molecule is CCc1ccc(-n2cnnn2)c(/C=C/C(=O)N2CCc3ccccc3[C@H]2C(=O)Nc2ccc3c(c2)c(NC(C)=O)nn3C)c1. The summed E-state index contributed by atoms with van der Waals surface area (Å²) in [6.07, 6.45) is 6.20. The maximum atomic E-state index is 14.0. The molecule has 5 aromatic rings. The van der Waals surface area contributed by atoms with Crippen LogP contribution in [0.25, 0.3) is 22.7 Å². The summed E-state index contributed by atoms with van der Waals surface area (Å²) in [5.41, 5.74) is 5.74. The summed E-state index contributed by atoms with van der Waals surface area (Å²) in [5, 5.41) is 22.3. The Morgan fingerprint density at radius 3 is 2.66 bits per heavy atom. The first-order chi connectivity index (χ1) is 21.3. The number of hydrogen-bond donors (Lipinski definition) is 2. The zero-order valence-electron chi connectivity index (χ0n) is 24.6. The predicted octanol–water partition coefficient (Wildman–Crippen LogP) is 3.85. The molecule has 44 heavy (non-hydrogen) atoms. The van der Waals surface area contributed by atoms with Gasteiger partial charge in [0.25, 0.3) is 5.91 Å². The van der Waals surface area contributed by atoms with E-state index < -0.39 is 6.04 Å². The number of benzene rings is 3. The van der Waals surface area contributed by atoms with Crippen LogP contribution in [-0.2, 0) is 34.3 Å². The van der Waals surface area contributed by atoms with E-state index in [0.717, 1.165) is 39.9 Å². The number of nitrogens with zero attached hydrogens (tertiary/aromatic N) is 7. The Morgan fingerprint density at radius 1 is 1.05 bits per heavy atom. The van der Waals surface area contributed by atoms with Gasteiger partial charge in [0.2, 0.25) is 11.8 Å². The Bertz CT molecular complexity index is 1910. The smallest absolute Gasteiger partial charge is 0.251 e. The van der Waals surface area contributed by atoms with Crippen LogP contribution in [0.5, 0.6) is 0 Å². The molecule has 3 heterocycles. The summed E-state index contributed by atoms with van der Waals surface area (Å²) in [6.45, 7) is 3.85. The summed E-state index contributed by atoms with van der Waals surface area (Å²) >= 11 is 0. The molecular formula is C32H31N9O3. The number of carbonyl (C=O) groups is 3. The Morgan fingerprint density at radius 2 is 1.89 bits per heavy atom. The Balaban J connectivity index is 1.31. The van der Waals surface area contributed by atoms with Gasteiger partial charge < -0.3 is 15.5 Å². The topological polar surface area (TPSA) is 140 Å². The van der Waals surface area contributed by atoms with Crippen molar-refractivity contribution < 1.29 is 14.4 Å². The molecule has 0 aliphatic carbocycles. The fraction of sp³-hybridized carbons (Fsp3) is 0.219. The van der Waals surface area contributed by atoms with Gasteiger partial charge in [0.1, 0.15) is 12.4 Å². The molecule has 0 radical (unpaired) electrons. The lowest BCUT2D eigenvalue weighted by Crippen LogP contribution is -2.44. The number of anilines is 2. The van der Waals surface area contributed by atoms with Crippen LogP contribution in [0, 0.1) is 0 Å². The zero-order chi connectivity index (χ0) is 30.8. The number of tetrazole rings is 1. The van der Waals surface area contributed by atoms with Gasteiger partial charge >= 0.3 is 0 Å². The largest absolute Gasteiger partial charge is 0.324 e. The Hall–Kier alpha value is -5.65. The lowest BCUT2D eigenvalue weighted by atomic mass is 9.91. The van der Waals surface area contributed by atoms with Gasteiger partial charge in [0, 0.05) is 43.2 Å². The first-order valence-electron chi connectivity index (χ1n) is 14.3. The molecular weight excluding hydrogens is 558 g/mol. The molecule has 12 nitrogen and oxygen atoms in total. The Labute approximate surface area is 253 Å². The molecule has 1 atom stereocenters. The van der Waals surface area contributed by atoms with Crippen molar-refractivity contribution in [1.29, 1.82) is 0 Å². The van der Waals surface area contributed by atoms with E-state index in [1.54, 1.807) is 39.5 Å². The molecule has 1 aliphatic rings.